The topological polar surface area (TPSA) is 81.9 Å². The maximum Gasteiger partial charge on any atom is 0.326 e. The summed E-state index contributed by atoms with van der Waals surface area (Å²) in [5.74, 6) is 0.320. The van der Waals surface area contributed by atoms with Crippen LogP contribution in [0.2, 0.25) is 0 Å². The van der Waals surface area contributed by atoms with Crippen LogP contribution in [-0.2, 0) is 16.6 Å². The first-order valence-electron chi connectivity index (χ1n) is 6.35. The van der Waals surface area contributed by atoms with Gasteiger partial charge >= 0.3 is 5.97 Å². The number of aryl methyl sites for hydroxylation is 1. The Morgan fingerprint density at radius 1 is 1.63 bits per heavy atom. The van der Waals surface area contributed by atoms with Crippen LogP contribution in [0.5, 0.6) is 0 Å². The Morgan fingerprint density at radius 2 is 2.37 bits per heavy atom. The van der Waals surface area contributed by atoms with Gasteiger partial charge in [-0.25, -0.2) is 4.68 Å². The van der Waals surface area contributed by atoms with E-state index in [-0.39, 0.29) is 5.97 Å². The monoisotopic (exact) mass is 285 g/mol. The Bertz CT molecular complexity index is 448. The van der Waals surface area contributed by atoms with Crippen LogP contribution in [0.3, 0.4) is 0 Å². The Balaban J connectivity index is 2.00. The number of hydrogen-bond acceptors (Lipinski definition) is 7. The highest BCUT2D eigenvalue weighted by Crippen LogP contribution is 2.27. The smallest absolute Gasteiger partial charge is 0.326 e. The number of nitrogens with one attached hydrogen (secondary N) is 1. The van der Waals surface area contributed by atoms with Gasteiger partial charge in [-0.3, -0.25) is 10.1 Å². The predicted molar refractivity (Wildman–Crippen MR) is 70.7 cm³/mol. The molecule has 0 amide bonds. The molecular formula is C11H19N5O2S. The van der Waals surface area contributed by atoms with Gasteiger partial charge < -0.3 is 4.74 Å². The van der Waals surface area contributed by atoms with Crippen LogP contribution in [0.4, 0.5) is 0 Å². The number of carbonyl (C=O) groups is 1. The minimum Gasteiger partial charge on any atom is -0.465 e. The van der Waals surface area contributed by atoms with Crippen molar-refractivity contribution in [3.8, 4) is 0 Å². The summed E-state index contributed by atoms with van der Waals surface area (Å²) in [6.45, 7) is 4.08. The second-order valence-corrected chi connectivity index (χ2v) is 5.79. The Kier molecular flexibility index (Phi) is 4.41. The normalized spacial score (nSPS) is 18.1. The third-order valence-corrected chi connectivity index (χ3v) is 4.22. The van der Waals surface area contributed by atoms with Crippen molar-refractivity contribution in [3.63, 3.8) is 0 Å². The van der Waals surface area contributed by atoms with Crippen LogP contribution in [-0.4, -0.2) is 50.1 Å². The van der Waals surface area contributed by atoms with Crippen LogP contribution in [0.1, 0.15) is 26.7 Å². The maximum absolute atomic E-state index is 12.1. The summed E-state index contributed by atoms with van der Waals surface area (Å²) in [7, 11) is 1.78. The van der Waals surface area contributed by atoms with E-state index in [9.17, 15) is 4.79 Å². The summed E-state index contributed by atoms with van der Waals surface area (Å²) in [4.78, 5) is 12.1. The number of rotatable bonds is 7. The molecule has 2 rings (SSSR count). The number of ether oxygens (including phenoxy) is 1. The molecule has 0 aliphatic heterocycles. The van der Waals surface area contributed by atoms with Gasteiger partial charge in [0.15, 0.2) is 0 Å². The van der Waals surface area contributed by atoms with Gasteiger partial charge in [0.25, 0.3) is 0 Å². The van der Waals surface area contributed by atoms with E-state index >= 15 is 0 Å². The number of aromatic nitrogens is 4. The molecule has 106 valence electrons. The molecule has 1 saturated carbocycles. The Hall–Kier alpha value is -1.15. The van der Waals surface area contributed by atoms with Crippen molar-refractivity contribution in [1.29, 1.82) is 0 Å². The average Bonchev–Trinajstić information content (AvgIpc) is 3.08. The lowest BCUT2D eigenvalue weighted by Gasteiger charge is -2.27. The van der Waals surface area contributed by atoms with Crippen molar-refractivity contribution in [2.75, 3.05) is 12.4 Å². The van der Waals surface area contributed by atoms with Crippen molar-refractivity contribution < 1.29 is 9.53 Å². The van der Waals surface area contributed by atoms with Gasteiger partial charge in [-0.15, -0.1) is 5.10 Å². The third kappa shape index (κ3) is 3.66. The molecule has 0 aromatic carbocycles. The molecule has 1 aromatic rings. The Labute approximate surface area is 116 Å². The summed E-state index contributed by atoms with van der Waals surface area (Å²) < 4.78 is 6.75. The number of esters is 1. The molecule has 8 heteroatoms. The van der Waals surface area contributed by atoms with Crippen molar-refractivity contribution in [2.24, 2.45) is 7.05 Å². The van der Waals surface area contributed by atoms with Crippen molar-refractivity contribution in [3.05, 3.63) is 0 Å². The molecule has 7 nitrogen and oxygen atoms in total. The van der Waals surface area contributed by atoms with E-state index in [1.165, 1.54) is 11.8 Å². The van der Waals surface area contributed by atoms with E-state index < -0.39 is 5.54 Å². The van der Waals surface area contributed by atoms with Crippen molar-refractivity contribution in [2.45, 2.75) is 43.4 Å². The van der Waals surface area contributed by atoms with E-state index in [4.69, 9.17) is 4.74 Å². The first kappa shape index (κ1) is 14.3. The van der Waals surface area contributed by atoms with Gasteiger partial charge in [0.2, 0.25) is 5.16 Å². The maximum atomic E-state index is 12.1. The molecule has 1 unspecified atom stereocenters. The molecule has 19 heavy (non-hydrogen) atoms. The lowest BCUT2D eigenvalue weighted by atomic mass is 10.1. The predicted octanol–water partition coefficient (Wildman–Crippen LogP) is 0.376. The summed E-state index contributed by atoms with van der Waals surface area (Å²) in [6, 6.07) is 0.424. The van der Waals surface area contributed by atoms with Gasteiger partial charge in [0.1, 0.15) is 5.54 Å². The summed E-state index contributed by atoms with van der Waals surface area (Å²) in [5.41, 5.74) is -0.701. The highest BCUT2D eigenvalue weighted by atomic mass is 32.2. The van der Waals surface area contributed by atoms with Crippen LogP contribution in [0.15, 0.2) is 5.16 Å². The molecule has 1 N–H and O–H groups in total. The van der Waals surface area contributed by atoms with Crippen molar-refractivity contribution >= 4 is 17.7 Å². The van der Waals surface area contributed by atoms with Crippen LogP contribution >= 0.6 is 11.8 Å². The third-order valence-electron chi connectivity index (χ3n) is 2.90. The number of carbonyl (C=O) groups excluding carboxylic acids is 1. The summed E-state index contributed by atoms with van der Waals surface area (Å²) in [5, 5.41) is 15.3. The molecule has 1 aromatic heterocycles. The molecule has 1 aliphatic rings. The van der Waals surface area contributed by atoms with Crippen LogP contribution in [0.25, 0.3) is 0 Å². The van der Waals surface area contributed by atoms with E-state index in [2.05, 4.69) is 20.8 Å². The highest BCUT2D eigenvalue weighted by molar-refractivity contribution is 7.99. The van der Waals surface area contributed by atoms with Crippen LogP contribution < -0.4 is 5.32 Å². The fourth-order valence-electron chi connectivity index (χ4n) is 1.68. The van der Waals surface area contributed by atoms with Gasteiger partial charge in [-0.1, -0.05) is 11.8 Å². The van der Waals surface area contributed by atoms with Crippen molar-refractivity contribution in [1.82, 2.24) is 25.5 Å². The average molecular weight is 285 g/mol. The Morgan fingerprint density at radius 3 is 2.89 bits per heavy atom. The molecule has 1 atom stereocenters. The highest BCUT2D eigenvalue weighted by Gasteiger charge is 2.40. The SMILES string of the molecule is CCOC(=O)C(C)(CSc1nnnn1C)NC1CC1. The summed E-state index contributed by atoms with van der Waals surface area (Å²) in [6.07, 6.45) is 2.23. The lowest BCUT2D eigenvalue weighted by molar-refractivity contribution is -0.149. The number of nitrogens with zero attached hydrogens (tertiary/aromatic N) is 4. The molecule has 0 bridgehead atoms. The van der Waals surface area contributed by atoms with Gasteiger partial charge in [0, 0.05) is 18.8 Å². The second kappa shape index (κ2) is 5.87. The zero-order chi connectivity index (χ0) is 13.9. The fourth-order valence-corrected chi connectivity index (χ4v) is 2.62. The van der Waals surface area contributed by atoms with Gasteiger partial charge in [0.05, 0.1) is 6.61 Å². The summed E-state index contributed by atoms with van der Waals surface area (Å²) >= 11 is 1.45. The molecule has 0 spiro atoms. The first-order valence-corrected chi connectivity index (χ1v) is 7.34. The lowest BCUT2D eigenvalue weighted by Crippen LogP contribution is -2.53. The molecular weight excluding hydrogens is 266 g/mol. The van der Waals surface area contributed by atoms with Gasteiger partial charge in [-0.2, -0.15) is 0 Å². The first-order chi connectivity index (χ1) is 9.05. The fraction of sp³-hybridized carbons (Fsp3) is 0.818. The largest absolute Gasteiger partial charge is 0.465 e. The number of tetrazole rings is 1. The molecule has 1 heterocycles. The number of hydrogen-bond donors (Lipinski definition) is 1. The zero-order valence-corrected chi connectivity index (χ0v) is 12.2. The standard InChI is InChI=1S/C11H19N5O2S/c1-4-18-9(17)11(2,12-8-5-6-8)7-19-10-13-14-15-16(10)3/h8,12H,4-7H2,1-3H3. The molecule has 1 fully saturated rings. The molecule has 1 aliphatic carbocycles. The molecule has 0 saturated heterocycles. The quantitative estimate of drug-likeness (QED) is 0.572. The van der Waals surface area contributed by atoms with Gasteiger partial charge in [-0.05, 0) is 37.1 Å². The molecule has 0 radical (unpaired) electrons. The second-order valence-electron chi connectivity index (χ2n) is 4.84. The van der Waals surface area contributed by atoms with E-state index in [1.807, 2.05) is 13.8 Å². The minimum absolute atomic E-state index is 0.218. The van der Waals surface area contributed by atoms with E-state index in [0.717, 1.165) is 12.8 Å². The number of thioether (sulfide) groups is 1. The zero-order valence-electron chi connectivity index (χ0n) is 11.4. The minimum atomic E-state index is -0.701. The van der Waals surface area contributed by atoms with Crippen LogP contribution in [0, 0.1) is 0 Å². The van der Waals surface area contributed by atoms with E-state index in [1.54, 1.807) is 11.7 Å². The van der Waals surface area contributed by atoms with E-state index in [0.29, 0.717) is 23.6 Å².